The maximum atomic E-state index is 5.75. The van der Waals surface area contributed by atoms with Gasteiger partial charge in [0.05, 0.1) is 6.61 Å². The minimum atomic E-state index is 0.575. The number of hydrogen-bond acceptors (Lipinski definition) is 3. The van der Waals surface area contributed by atoms with E-state index in [0.717, 1.165) is 36.8 Å². The molecular formula is C15H25NOS. The van der Waals surface area contributed by atoms with Crippen LogP contribution in [0.25, 0.3) is 0 Å². The Bertz CT molecular complexity index is 352. The highest BCUT2D eigenvalue weighted by molar-refractivity contribution is 7.99. The summed E-state index contributed by atoms with van der Waals surface area (Å²) in [7, 11) is 0. The Kier molecular flexibility index (Phi) is 7.21. The van der Waals surface area contributed by atoms with Crippen LogP contribution in [0.4, 0.5) is 0 Å². The molecule has 0 saturated carbocycles. The Morgan fingerprint density at radius 2 is 2.06 bits per heavy atom. The molecule has 3 heteroatoms. The van der Waals surface area contributed by atoms with E-state index in [-0.39, 0.29) is 0 Å². The molecular weight excluding hydrogens is 242 g/mol. The molecule has 1 rings (SSSR count). The number of thioether (sulfide) groups is 1. The van der Waals surface area contributed by atoms with Crippen LogP contribution < -0.4 is 10.5 Å². The van der Waals surface area contributed by atoms with E-state index in [2.05, 4.69) is 39.0 Å². The summed E-state index contributed by atoms with van der Waals surface area (Å²) in [6.07, 6.45) is 1.09. The third kappa shape index (κ3) is 5.32. The lowest BCUT2D eigenvalue weighted by Gasteiger charge is -2.12. The van der Waals surface area contributed by atoms with Crippen molar-refractivity contribution >= 4 is 11.8 Å². The summed E-state index contributed by atoms with van der Waals surface area (Å²) in [4.78, 5) is 0. The number of benzene rings is 1. The number of aryl methyl sites for hydroxylation is 1. The minimum Gasteiger partial charge on any atom is -0.493 e. The zero-order valence-corrected chi connectivity index (χ0v) is 12.6. The molecule has 18 heavy (non-hydrogen) atoms. The molecule has 0 aliphatic rings. The molecule has 2 N–H and O–H groups in total. The molecule has 0 aromatic heterocycles. The second-order valence-electron chi connectivity index (χ2n) is 4.78. The van der Waals surface area contributed by atoms with Gasteiger partial charge < -0.3 is 10.5 Å². The Morgan fingerprint density at radius 1 is 1.28 bits per heavy atom. The first kappa shape index (κ1) is 15.4. The molecule has 2 nitrogen and oxygen atoms in total. The quantitative estimate of drug-likeness (QED) is 0.731. The van der Waals surface area contributed by atoms with E-state index in [1.54, 1.807) is 0 Å². The summed E-state index contributed by atoms with van der Waals surface area (Å²) in [5, 5.41) is 0. The van der Waals surface area contributed by atoms with Gasteiger partial charge in [0.25, 0.3) is 0 Å². The summed E-state index contributed by atoms with van der Waals surface area (Å²) in [5.41, 5.74) is 8.17. The van der Waals surface area contributed by atoms with Crippen LogP contribution in [-0.4, -0.2) is 24.7 Å². The molecule has 0 fully saturated rings. The Labute approximate surface area is 115 Å². The van der Waals surface area contributed by atoms with Gasteiger partial charge in [-0.25, -0.2) is 0 Å². The largest absolute Gasteiger partial charge is 0.493 e. The maximum Gasteiger partial charge on any atom is 0.119 e. The van der Waals surface area contributed by atoms with Gasteiger partial charge in [0.1, 0.15) is 5.75 Å². The highest BCUT2D eigenvalue weighted by atomic mass is 32.2. The van der Waals surface area contributed by atoms with Gasteiger partial charge in [0.2, 0.25) is 0 Å². The van der Waals surface area contributed by atoms with Crippen LogP contribution in [0.1, 0.15) is 37.3 Å². The smallest absolute Gasteiger partial charge is 0.119 e. The molecule has 1 aromatic rings. The Morgan fingerprint density at radius 3 is 2.67 bits per heavy atom. The fourth-order valence-corrected chi connectivity index (χ4v) is 2.67. The molecule has 102 valence electrons. The van der Waals surface area contributed by atoms with Crippen molar-refractivity contribution in [3.63, 3.8) is 0 Å². The van der Waals surface area contributed by atoms with Crippen molar-refractivity contribution in [1.29, 1.82) is 0 Å². The van der Waals surface area contributed by atoms with Gasteiger partial charge in [-0.2, -0.15) is 11.8 Å². The predicted molar refractivity (Wildman–Crippen MR) is 81.8 cm³/mol. The van der Waals surface area contributed by atoms with Gasteiger partial charge in [0.15, 0.2) is 0 Å². The van der Waals surface area contributed by atoms with Gasteiger partial charge in [-0.15, -0.1) is 0 Å². The van der Waals surface area contributed by atoms with Crippen LogP contribution in [0.2, 0.25) is 0 Å². The van der Waals surface area contributed by atoms with Crippen LogP contribution in [0, 0.1) is 6.92 Å². The molecule has 0 unspecified atom stereocenters. The molecule has 0 bridgehead atoms. The van der Waals surface area contributed by atoms with E-state index >= 15 is 0 Å². The number of ether oxygens (including phenoxy) is 1. The molecule has 0 saturated heterocycles. The van der Waals surface area contributed by atoms with Crippen LogP contribution in [-0.2, 0) is 0 Å². The van der Waals surface area contributed by atoms with E-state index in [9.17, 15) is 0 Å². The zero-order chi connectivity index (χ0) is 13.4. The van der Waals surface area contributed by atoms with E-state index in [1.165, 1.54) is 11.1 Å². The highest BCUT2D eigenvalue weighted by Crippen LogP contribution is 2.23. The lowest BCUT2D eigenvalue weighted by atomic mass is 9.98. The van der Waals surface area contributed by atoms with Crippen molar-refractivity contribution in [2.45, 2.75) is 33.1 Å². The minimum absolute atomic E-state index is 0.575. The number of hydrogen-bond donors (Lipinski definition) is 1. The van der Waals surface area contributed by atoms with Crippen molar-refractivity contribution in [2.24, 2.45) is 5.73 Å². The molecule has 0 radical (unpaired) electrons. The van der Waals surface area contributed by atoms with Gasteiger partial charge in [0, 0.05) is 5.75 Å². The van der Waals surface area contributed by atoms with E-state index in [4.69, 9.17) is 10.5 Å². The topological polar surface area (TPSA) is 35.2 Å². The van der Waals surface area contributed by atoms with Crippen LogP contribution in [0.3, 0.4) is 0 Å². The molecule has 0 aliphatic heterocycles. The predicted octanol–water partition coefficient (Wildman–Crippen LogP) is 3.58. The van der Waals surface area contributed by atoms with E-state index < -0.39 is 0 Å². The molecule has 0 aliphatic carbocycles. The zero-order valence-electron chi connectivity index (χ0n) is 11.7. The van der Waals surface area contributed by atoms with Crippen LogP contribution in [0.5, 0.6) is 5.75 Å². The molecule has 0 heterocycles. The third-order valence-corrected chi connectivity index (χ3v) is 3.89. The Hall–Kier alpha value is -0.670. The van der Waals surface area contributed by atoms with Gasteiger partial charge in [-0.3, -0.25) is 0 Å². The van der Waals surface area contributed by atoms with Crippen LogP contribution >= 0.6 is 11.8 Å². The van der Waals surface area contributed by atoms with Crippen molar-refractivity contribution in [3.8, 4) is 5.75 Å². The second-order valence-corrected chi connectivity index (χ2v) is 6.00. The maximum absolute atomic E-state index is 5.75. The molecule has 0 spiro atoms. The third-order valence-electron chi connectivity index (χ3n) is 2.85. The van der Waals surface area contributed by atoms with Crippen molar-refractivity contribution in [2.75, 3.05) is 24.7 Å². The van der Waals surface area contributed by atoms with Gasteiger partial charge in [-0.05, 0) is 54.8 Å². The first-order valence-electron chi connectivity index (χ1n) is 6.66. The fraction of sp³-hybridized carbons (Fsp3) is 0.600. The summed E-state index contributed by atoms with van der Waals surface area (Å²) in [6, 6.07) is 6.39. The van der Waals surface area contributed by atoms with Crippen molar-refractivity contribution in [1.82, 2.24) is 0 Å². The Balaban J connectivity index is 2.33. The average molecular weight is 267 g/mol. The second kappa shape index (κ2) is 8.44. The average Bonchev–Trinajstić information content (AvgIpc) is 2.33. The number of rotatable bonds is 8. The molecule has 0 amide bonds. The summed E-state index contributed by atoms with van der Waals surface area (Å²) < 4.78 is 5.75. The van der Waals surface area contributed by atoms with Crippen LogP contribution in [0.15, 0.2) is 18.2 Å². The van der Waals surface area contributed by atoms with E-state index in [1.807, 2.05) is 11.8 Å². The van der Waals surface area contributed by atoms with Crippen molar-refractivity contribution in [3.05, 3.63) is 29.3 Å². The van der Waals surface area contributed by atoms with Gasteiger partial charge >= 0.3 is 0 Å². The summed E-state index contributed by atoms with van der Waals surface area (Å²) >= 11 is 1.90. The first-order chi connectivity index (χ1) is 8.65. The first-order valence-corrected chi connectivity index (χ1v) is 7.81. The van der Waals surface area contributed by atoms with Crippen molar-refractivity contribution < 1.29 is 4.74 Å². The van der Waals surface area contributed by atoms with E-state index in [0.29, 0.717) is 5.92 Å². The lowest BCUT2D eigenvalue weighted by Crippen LogP contribution is -2.04. The molecule has 1 aromatic carbocycles. The normalized spacial score (nSPS) is 10.9. The SMILES string of the molecule is Cc1cc(OCCSCCCN)ccc1C(C)C. The lowest BCUT2D eigenvalue weighted by molar-refractivity contribution is 0.343. The monoisotopic (exact) mass is 267 g/mol. The summed E-state index contributed by atoms with van der Waals surface area (Å²) in [5.74, 6) is 3.72. The van der Waals surface area contributed by atoms with Gasteiger partial charge in [-0.1, -0.05) is 19.9 Å². The number of nitrogens with two attached hydrogens (primary N) is 1. The molecule has 0 atom stereocenters. The summed E-state index contributed by atoms with van der Waals surface area (Å²) in [6.45, 7) is 8.14. The standard InChI is InChI=1S/C15H25NOS/c1-12(2)15-6-5-14(11-13(15)3)17-8-10-18-9-4-7-16/h5-6,11-12H,4,7-10,16H2,1-3H3. The highest BCUT2D eigenvalue weighted by Gasteiger charge is 2.04. The fourth-order valence-electron chi connectivity index (χ4n) is 1.89.